The average molecular weight is 823 g/mol. The number of benzene rings is 6. The Hall–Kier alpha value is -6.83. The van der Waals surface area contributed by atoms with Gasteiger partial charge in [-0.15, -0.1) is 20.5 Å². The number of anilines is 1. The number of non-ortho nitro benzene ring substituents is 1. The summed E-state index contributed by atoms with van der Waals surface area (Å²) in [6.07, 6.45) is 0. The van der Waals surface area contributed by atoms with E-state index in [1.54, 1.807) is 30.3 Å². The molecule has 24 heteroatoms. The van der Waals surface area contributed by atoms with Crippen molar-refractivity contribution in [2.45, 2.75) is 14.7 Å². The first-order chi connectivity index (χ1) is 26.2. The van der Waals surface area contributed by atoms with Crippen LogP contribution in [-0.4, -0.2) is 54.0 Å². The van der Waals surface area contributed by atoms with Crippen LogP contribution in [0.25, 0.3) is 21.5 Å². The topological polar surface area (TPSA) is 347 Å². The van der Waals surface area contributed by atoms with E-state index in [1.165, 1.54) is 24.3 Å². The second-order valence-corrected chi connectivity index (χ2v) is 15.6. The van der Waals surface area contributed by atoms with Crippen LogP contribution in [0.5, 0.6) is 11.5 Å². The lowest BCUT2D eigenvalue weighted by Crippen LogP contribution is -2.01. The highest BCUT2D eigenvalue weighted by molar-refractivity contribution is 7.86. The van der Waals surface area contributed by atoms with Crippen molar-refractivity contribution < 1.29 is 54.0 Å². The Kier molecular flexibility index (Phi) is 10.0. The fourth-order valence-corrected chi connectivity index (χ4v) is 7.22. The van der Waals surface area contributed by atoms with Gasteiger partial charge < -0.3 is 15.9 Å². The summed E-state index contributed by atoms with van der Waals surface area (Å²) in [5, 5.41) is 56.1. The number of fused-ring (bicyclic) bond motifs is 2. The Labute approximate surface area is 314 Å². The summed E-state index contributed by atoms with van der Waals surface area (Å²) in [6.45, 7) is 0. The second kappa shape index (κ2) is 14.4. The molecule has 0 spiro atoms. The Bertz CT molecular complexity index is 3070. The van der Waals surface area contributed by atoms with Crippen molar-refractivity contribution in [1.29, 1.82) is 0 Å². The molecule has 0 aliphatic heterocycles. The van der Waals surface area contributed by atoms with E-state index < -0.39 is 89.9 Å². The van der Waals surface area contributed by atoms with Crippen molar-refractivity contribution in [2.24, 2.45) is 30.7 Å². The number of phenols is 2. The first kappa shape index (κ1) is 38.9. The Morgan fingerprint density at radius 1 is 0.554 bits per heavy atom. The summed E-state index contributed by atoms with van der Waals surface area (Å²) in [6, 6.07) is 18.3. The molecule has 0 aromatic heterocycles. The van der Waals surface area contributed by atoms with Crippen molar-refractivity contribution in [3.63, 3.8) is 0 Å². The van der Waals surface area contributed by atoms with E-state index in [9.17, 15) is 59.2 Å². The van der Waals surface area contributed by atoms with Crippen molar-refractivity contribution >= 4 is 97.4 Å². The van der Waals surface area contributed by atoms with Gasteiger partial charge in [0.05, 0.1) is 27.4 Å². The normalized spacial score (nSPS) is 12.8. The standard InChI is InChI=1S/C32H22N8O13S3/c33-28-27-17(7-10-23(32(27)42)37-36-22-11-9-20(40(43)44)15-24(22)54(45,46)47)13-25(55(48,49)50)29(28)38-35-19-8-6-16-12-26(56(51,52)53)30(31(41)21(16)14-19)39-34-18-4-2-1-3-5-18/h1-15,41-42H,33H2,(H,45,46,47)(H,48,49,50)(H,51,52,53). The number of aromatic hydroxyl groups is 2. The highest BCUT2D eigenvalue weighted by Crippen LogP contribution is 2.47. The zero-order valence-electron chi connectivity index (χ0n) is 27.6. The molecule has 7 N–H and O–H groups in total. The summed E-state index contributed by atoms with van der Waals surface area (Å²) in [7, 11) is -15.0. The van der Waals surface area contributed by atoms with Crippen LogP contribution in [0.4, 0.5) is 45.5 Å². The molecular formula is C32H22N8O13S3. The number of nitro benzene ring substituents is 1. The van der Waals surface area contributed by atoms with Gasteiger partial charge in [0.1, 0.15) is 37.4 Å². The molecule has 0 unspecified atom stereocenters. The van der Waals surface area contributed by atoms with E-state index in [0.717, 1.165) is 30.3 Å². The third kappa shape index (κ3) is 7.85. The third-order valence-electron chi connectivity index (χ3n) is 7.81. The number of nitrogens with zero attached hydrogens (tertiary/aromatic N) is 7. The van der Waals surface area contributed by atoms with Gasteiger partial charge in [-0.3, -0.25) is 23.8 Å². The summed E-state index contributed by atoms with van der Waals surface area (Å²) in [4.78, 5) is 7.62. The van der Waals surface area contributed by atoms with Crippen LogP contribution in [0.2, 0.25) is 0 Å². The number of hydrogen-bond acceptors (Lipinski definition) is 17. The largest absolute Gasteiger partial charge is 0.505 e. The van der Waals surface area contributed by atoms with Gasteiger partial charge in [-0.1, -0.05) is 30.3 Å². The van der Waals surface area contributed by atoms with E-state index >= 15 is 0 Å². The molecule has 21 nitrogen and oxygen atoms in total. The molecule has 6 rings (SSSR count). The maximum absolute atomic E-state index is 12.5. The molecule has 0 bridgehead atoms. The molecule has 286 valence electrons. The quantitative estimate of drug-likeness (QED) is 0.0252. The second-order valence-electron chi connectivity index (χ2n) is 11.4. The fraction of sp³-hybridized carbons (Fsp3) is 0. The minimum Gasteiger partial charge on any atom is -0.505 e. The van der Waals surface area contributed by atoms with Gasteiger partial charge in [-0.25, -0.2) is 0 Å². The van der Waals surface area contributed by atoms with Crippen LogP contribution < -0.4 is 5.73 Å². The first-order valence-corrected chi connectivity index (χ1v) is 19.4. The third-order valence-corrected chi connectivity index (χ3v) is 10.4. The van der Waals surface area contributed by atoms with E-state index in [4.69, 9.17) is 5.73 Å². The van der Waals surface area contributed by atoms with Gasteiger partial charge in [0.25, 0.3) is 36.0 Å². The summed E-state index contributed by atoms with van der Waals surface area (Å²) < 4.78 is 103. The SMILES string of the molecule is Nc1c(N=Nc2ccc3cc(S(=O)(=O)O)c(N=Nc4ccccc4)c(O)c3c2)c(S(=O)(=O)O)cc2ccc(N=Nc3ccc([N+](=O)[O-])cc3S(=O)(=O)O)c(O)c12. The van der Waals surface area contributed by atoms with Crippen LogP contribution in [0, 0.1) is 10.1 Å². The average Bonchev–Trinajstić information content (AvgIpc) is 3.12. The minimum atomic E-state index is -5.07. The smallest absolute Gasteiger partial charge is 0.297 e. The molecule has 0 heterocycles. The minimum absolute atomic E-state index is 0.0600. The zero-order chi connectivity index (χ0) is 40.7. The first-order valence-electron chi connectivity index (χ1n) is 15.1. The molecule has 0 saturated heterocycles. The number of phenolic OH excluding ortho intramolecular Hbond substituents is 2. The summed E-state index contributed by atoms with van der Waals surface area (Å²) >= 11 is 0. The molecule has 0 amide bonds. The maximum Gasteiger partial charge on any atom is 0.297 e. The Morgan fingerprint density at radius 3 is 1.75 bits per heavy atom. The highest BCUT2D eigenvalue weighted by Gasteiger charge is 2.25. The van der Waals surface area contributed by atoms with E-state index in [1.807, 2.05) is 0 Å². The lowest BCUT2D eigenvalue weighted by atomic mass is 10.1. The molecule has 0 fully saturated rings. The zero-order valence-corrected chi connectivity index (χ0v) is 30.0. The number of nitrogens with two attached hydrogens (primary N) is 1. The van der Waals surface area contributed by atoms with Crippen molar-refractivity contribution in [1.82, 2.24) is 0 Å². The van der Waals surface area contributed by atoms with Crippen LogP contribution in [-0.2, 0) is 30.4 Å². The number of hydrogen-bond donors (Lipinski definition) is 6. The van der Waals surface area contributed by atoms with E-state index in [-0.39, 0.29) is 38.6 Å². The predicted octanol–water partition coefficient (Wildman–Crippen LogP) is 7.88. The molecule has 6 aromatic rings. The van der Waals surface area contributed by atoms with Crippen LogP contribution in [0.1, 0.15) is 0 Å². The van der Waals surface area contributed by atoms with Crippen LogP contribution in [0.3, 0.4) is 0 Å². The molecule has 0 radical (unpaired) electrons. The van der Waals surface area contributed by atoms with Gasteiger partial charge in [-0.05, 0) is 59.3 Å². The molecule has 0 aliphatic rings. The molecule has 0 aliphatic carbocycles. The summed E-state index contributed by atoms with van der Waals surface area (Å²) in [5.74, 6) is -1.49. The van der Waals surface area contributed by atoms with Crippen LogP contribution >= 0.6 is 0 Å². The monoisotopic (exact) mass is 822 g/mol. The number of nitrogen functional groups attached to an aromatic ring is 1. The molecule has 0 saturated carbocycles. The van der Waals surface area contributed by atoms with Crippen LogP contribution in [0.15, 0.2) is 136 Å². The lowest BCUT2D eigenvalue weighted by molar-refractivity contribution is -0.385. The number of nitro groups is 1. The molecular weight excluding hydrogens is 801 g/mol. The molecule has 6 aromatic carbocycles. The van der Waals surface area contributed by atoms with Crippen molar-refractivity contribution in [3.05, 3.63) is 101 Å². The predicted molar refractivity (Wildman–Crippen MR) is 197 cm³/mol. The Morgan fingerprint density at radius 2 is 1.11 bits per heavy atom. The van der Waals surface area contributed by atoms with Gasteiger partial charge in [-0.2, -0.15) is 35.5 Å². The lowest BCUT2D eigenvalue weighted by Gasteiger charge is -2.12. The van der Waals surface area contributed by atoms with E-state index in [2.05, 4.69) is 30.7 Å². The number of azo groups is 3. The highest BCUT2D eigenvalue weighted by atomic mass is 32.2. The van der Waals surface area contributed by atoms with Gasteiger partial charge in [0.2, 0.25) is 0 Å². The molecule has 56 heavy (non-hydrogen) atoms. The van der Waals surface area contributed by atoms with E-state index in [0.29, 0.717) is 6.07 Å². The van der Waals surface area contributed by atoms with Gasteiger partial charge >= 0.3 is 0 Å². The molecule has 0 atom stereocenters. The summed E-state index contributed by atoms with van der Waals surface area (Å²) in [5.41, 5.74) is 2.98. The maximum atomic E-state index is 12.5. The Balaban J connectivity index is 1.46. The fourth-order valence-electron chi connectivity index (χ4n) is 5.25. The van der Waals surface area contributed by atoms with Crippen molar-refractivity contribution in [2.75, 3.05) is 5.73 Å². The van der Waals surface area contributed by atoms with Gasteiger partial charge in [0, 0.05) is 17.5 Å². The number of rotatable bonds is 10. The van der Waals surface area contributed by atoms with Crippen molar-refractivity contribution in [3.8, 4) is 11.5 Å². The van der Waals surface area contributed by atoms with Gasteiger partial charge in [0.15, 0.2) is 11.5 Å².